The van der Waals surface area contributed by atoms with Crippen molar-refractivity contribution in [2.45, 2.75) is 6.54 Å². The third-order valence-corrected chi connectivity index (χ3v) is 5.10. The number of carbonyl (C=O) groups excluding carboxylic acids is 2. The number of pyridine rings is 1. The van der Waals surface area contributed by atoms with Crippen LogP contribution >= 0.6 is 0 Å². The molecule has 4 aromatic rings. The van der Waals surface area contributed by atoms with E-state index in [4.69, 9.17) is 0 Å². The largest absolute Gasteiger partial charge is 0.272 e. The van der Waals surface area contributed by atoms with Crippen molar-refractivity contribution in [2.24, 2.45) is 0 Å². The lowest BCUT2D eigenvalue weighted by atomic mass is 10.1. The molecule has 4 nitrogen and oxygen atoms in total. The minimum absolute atomic E-state index is 0.275. The smallest absolute Gasteiger partial charge is 0.268 e. The van der Waals surface area contributed by atoms with Crippen molar-refractivity contribution in [1.82, 2.24) is 0 Å². The van der Waals surface area contributed by atoms with E-state index in [1.807, 2.05) is 83.6 Å². The maximum Gasteiger partial charge on any atom is 0.272 e. The van der Waals surface area contributed by atoms with Gasteiger partial charge in [-0.05, 0) is 11.5 Å². The number of nitrogens with zero attached hydrogens (tertiary/aromatic N) is 2. The highest BCUT2D eigenvalue weighted by atomic mass is 16.2. The molecule has 134 valence electrons. The molecule has 0 atom stereocenters. The number of anilines is 1. The summed E-state index contributed by atoms with van der Waals surface area (Å²) in [5.41, 5.74) is 2.65. The molecule has 0 unspecified atom stereocenters. The monoisotopic (exact) mass is 365 g/mol. The van der Waals surface area contributed by atoms with E-state index in [9.17, 15) is 9.59 Å². The van der Waals surface area contributed by atoms with Crippen LogP contribution in [0.2, 0.25) is 0 Å². The molecule has 0 saturated carbocycles. The summed E-state index contributed by atoms with van der Waals surface area (Å²) >= 11 is 0. The molecule has 2 heterocycles. The predicted molar refractivity (Wildman–Crippen MR) is 107 cm³/mol. The summed E-state index contributed by atoms with van der Waals surface area (Å²) in [6.07, 6.45) is 3.62. The number of hydrogen-bond acceptors (Lipinski definition) is 2. The van der Waals surface area contributed by atoms with Gasteiger partial charge in [-0.15, -0.1) is 0 Å². The zero-order valence-electron chi connectivity index (χ0n) is 15.1. The molecule has 1 aliphatic heterocycles. The molecule has 1 aromatic heterocycles. The SMILES string of the molecule is O=C1c2cc[n+](Cc3ccccc3)cc2C(=O)N1c1cccc2ccccc12. The van der Waals surface area contributed by atoms with Crippen molar-refractivity contribution >= 4 is 28.3 Å². The van der Waals surface area contributed by atoms with Crippen molar-refractivity contribution in [3.63, 3.8) is 0 Å². The number of carbonyl (C=O) groups is 2. The fraction of sp³-hybridized carbons (Fsp3) is 0.0417. The molecule has 28 heavy (non-hydrogen) atoms. The summed E-state index contributed by atoms with van der Waals surface area (Å²) in [5, 5.41) is 1.88. The van der Waals surface area contributed by atoms with Crippen LogP contribution in [0, 0.1) is 0 Å². The van der Waals surface area contributed by atoms with E-state index in [1.165, 1.54) is 4.90 Å². The number of rotatable bonds is 3. The van der Waals surface area contributed by atoms with E-state index in [1.54, 1.807) is 12.3 Å². The molecule has 1 aliphatic rings. The Morgan fingerprint density at radius 3 is 2.29 bits per heavy atom. The number of amides is 2. The fourth-order valence-corrected chi connectivity index (χ4v) is 3.74. The Balaban J connectivity index is 1.56. The first-order valence-corrected chi connectivity index (χ1v) is 9.16. The Bertz CT molecular complexity index is 1230. The van der Waals surface area contributed by atoms with Crippen molar-refractivity contribution in [1.29, 1.82) is 0 Å². The molecule has 5 rings (SSSR count). The minimum atomic E-state index is -0.279. The van der Waals surface area contributed by atoms with Crippen LogP contribution in [0.3, 0.4) is 0 Å². The lowest BCUT2D eigenvalue weighted by molar-refractivity contribution is -0.688. The molecule has 2 amide bonds. The zero-order chi connectivity index (χ0) is 19.1. The van der Waals surface area contributed by atoms with Gasteiger partial charge in [0.1, 0.15) is 5.56 Å². The maximum atomic E-state index is 13.1. The third-order valence-electron chi connectivity index (χ3n) is 5.10. The van der Waals surface area contributed by atoms with E-state index >= 15 is 0 Å². The highest BCUT2D eigenvalue weighted by molar-refractivity contribution is 6.35. The average molecular weight is 365 g/mol. The van der Waals surface area contributed by atoms with Crippen molar-refractivity contribution in [2.75, 3.05) is 4.90 Å². The van der Waals surface area contributed by atoms with Gasteiger partial charge in [0, 0.05) is 17.0 Å². The number of imide groups is 1. The minimum Gasteiger partial charge on any atom is -0.268 e. The van der Waals surface area contributed by atoms with Gasteiger partial charge in [0.25, 0.3) is 11.8 Å². The normalized spacial score (nSPS) is 13.2. The van der Waals surface area contributed by atoms with Gasteiger partial charge in [0.05, 0.1) is 11.3 Å². The summed E-state index contributed by atoms with van der Waals surface area (Å²) in [6.45, 7) is 0.643. The van der Waals surface area contributed by atoms with Crippen LogP contribution in [-0.2, 0) is 6.54 Å². The third kappa shape index (κ3) is 2.58. The van der Waals surface area contributed by atoms with Crippen molar-refractivity contribution in [3.8, 4) is 0 Å². The molecule has 4 heteroatoms. The molecule has 0 spiro atoms. The highest BCUT2D eigenvalue weighted by Crippen LogP contribution is 2.33. The summed E-state index contributed by atoms with van der Waals surface area (Å²) in [4.78, 5) is 27.5. The Kier molecular flexibility index (Phi) is 3.76. The highest BCUT2D eigenvalue weighted by Gasteiger charge is 2.39. The Morgan fingerprint density at radius 1 is 0.714 bits per heavy atom. The fourth-order valence-electron chi connectivity index (χ4n) is 3.74. The summed E-state index contributed by atoms with van der Waals surface area (Å²) in [5.74, 6) is -0.554. The quantitative estimate of drug-likeness (QED) is 0.407. The Labute approximate surface area is 162 Å². The van der Waals surface area contributed by atoms with E-state index in [2.05, 4.69) is 0 Å². The molecule has 0 fully saturated rings. The zero-order valence-corrected chi connectivity index (χ0v) is 15.1. The van der Waals surface area contributed by atoms with Crippen LogP contribution in [0.1, 0.15) is 26.3 Å². The number of aromatic nitrogens is 1. The van der Waals surface area contributed by atoms with Gasteiger partial charge in [-0.2, -0.15) is 4.57 Å². The molecule has 0 saturated heterocycles. The molecule has 0 radical (unpaired) electrons. The summed E-state index contributed by atoms with van der Waals surface area (Å²) in [7, 11) is 0. The molecule has 3 aromatic carbocycles. The van der Waals surface area contributed by atoms with Gasteiger partial charge in [0.15, 0.2) is 18.9 Å². The van der Waals surface area contributed by atoms with Gasteiger partial charge in [-0.3, -0.25) is 9.59 Å². The summed E-state index contributed by atoms with van der Waals surface area (Å²) < 4.78 is 1.94. The molecule has 0 bridgehead atoms. The molecule has 0 N–H and O–H groups in total. The van der Waals surface area contributed by atoms with Crippen LogP contribution in [0.5, 0.6) is 0 Å². The van der Waals surface area contributed by atoms with E-state index in [0.717, 1.165) is 16.3 Å². The number of hydrogen-bond donors (Lipinski definition) is 0. The Morgan fingerprint density at radius 2 is 1.43 bits per heavy atom. The first-order valence-electron chi connectivity index (χ1n) is 9.16. The van der Waals surface area contributed by atoms with E-state index < -0.39 is 0 Å². The standard InChI is InChI=1S/C24H17N2O2/c27-23-20-13-14-25(15-17-7-2-1-3-8-17)16-21(20)24(28)26(23)22-12-6-10-18-9-4-5-11-19(18)22/h1-14,16H,15H2/q+1. The van der Waals surface area contributed by atoms with Crippen molar-refractivity contribution < 1.29 is 14.2 Å². The van der Waals surface area contributed by atoms with Gasteiger partial charge < -0.3 is 0 Å². The topological polar surface area (TPSA) is 41.3 Å². The van der Waals surface area contributed by atoms with Gasteiger partial charge in [0.2, 0.25) is 0 Å². The van der Waals surface area contributed by atoms with E-state index in [-0.39, 0.29) is 11.8 Å². The second-order valence-corrected chi connectivity index (χ2v) is 6.87. The van der Waals surface area contributed by atoms with Gasteiger partial charge >= 0.3 is 0 Å². The molecular formula is C24H17N2O2+. The first kappa shape index (κ1) is 16.4. The Hall–Kier alpha value is -3.79. The molecular weight excluding hydrogens is 348 g/mol. The lowest BCUT2D eigenvalue weighted by Crippen LogP contribution is -2.34. The maximum absolute atomic E-state index is 13.1. The van der Waals surface area contributed by atoms with Crippen molar-refractivity contribution in [3.05, 3.63) is 108 Å². The molecule has 0 aliphatic carbocycles. The van der Waals surface area contributed by atoms with E-state index in [0.29, 0.717) is 23.4 Å². The lowest BCUT2D eigenvalue weighted by Gasteiger charge is -2.16. The van der Waals surface area contributed by atoms with Crippen LogP contribution < -0.4 is 9.47 Å². The van der Waals surface area contributed by atoms with Crippen LogP contribution in [0.15, 0.2) is 91.3 Å². The summed E-state index contributed by atoms with van der Waals surface area (Å²) in [6, 6.07) is 25.2. The predicted octanol–water partition coefficient (Wildman–Crippen LogP) is 3.98. The number of fused-ring (bicyclic) bond motifs is 2. The number of benzene rings is 3. The van der Waals surface area contributed by atoms with Crippen LogP contribution in [0.4, 0.5) is 5.69 Å². The second kappa shape index (κ2) is 6.43. The second-order valence-electron chi connectivity index (χ2n) is 6.87. The average Bonchev–Trinajstić information content (AvgIpc) is 2.98. The van der Waals surface area contributed by atoms with Gasteiger partial charge in [-0.1, -0.05) is 66.7 Å². The van der Waals surface area contributed by atoms with Crippen LogP contribution in [-0.4, -0.2) is 11.8 Å². The van der Waals surface area contributed by atoms with Crippen LogP contribution in [0.25, 0.3) is 10.8 Å². The first-order chi connectivity index (χ1) is 13.7. The van der Waals surface area contributed by atoms with Gasteiger partial charge in [-0.25, -0.2) is 4.90 Å².